The molecule has 0 spiro atoms. The number of guanidine groups is 1. The lowest BCUT2D eigenvalue weighted by atomic mass is 10.1. The number of amides is 1. The number of nitrogens with zero attached hydrogens (tertiary/aromatic N) is 4. The Kier molecular flexibility index (Phi) is 7.48. The van der Waals surface area contributed by atoms with Crippen molar-refractivity contribution in [1.29, 1.82) is 0 Å². The van der Waals surface area contributed by atoms with Crippen LogP contribution < -0.4 is 16.0 Å². The maximum Gasteiger partial charge on any atom is 0.408 e. The van der Waals surface area contributed by atoms with Crippen molar-refractivity contribution >= 4 is 12.1 Å². The lowest BCUT2D eigenvalue weighted by Gasteiger charge is -2.30. The van der Waals surface area contributed by atoms with Gasteiger partial charge in [0.05, 0.1) is 5.54 Å². The minimum atomic E-state index is -0.529. The van der Waals surface area contributed by atoms with Crippen LogP contribution in [0.15, 0.2) is 4.99 Å². The SMILES string of the molecule is Cc1nnc(CN=C(NCC(C)(C)NC(=O)OC(C)(C)C)NC2CCCC2)n1C. The summed E-state index contributed by atoms with van der Waals surface area (Å²) in [7, 11) is 1.94. The molecule has 0 bridgehead atoms. The summed E-state index contributed by atoms with van der Waals surface area (Å²) in [5.41, 5.74) is -1.04. The molecule has 0 unspecified atom stereocenters. The van der Waals surface area contributed by atoms with Gasteiger partial charge >= 0.3 is 6.09 Å². The molecule has 164 valence electrons. The normalized spacial score (nSPS) is 16.0. The van der Waals surface area contributed by atoms with Gasteiger partial charge in [-0.2, -0.15) is 0 Å². The van der Waals surface area contributed by atoms with Crippen LogP contribution in [-0.2, 0) is 18.3 Å². The van der Waals surface area contributed by atoms with Crippen LogP contribution in [0.1, 0.15) is 72.0 Å². The number of aliphatic imine (C=N–C) groups is 1. The molecule has 3 N–H and O–H groups in total. The van der Waals surface area contributed by atoms with Crippen molar-refractivity contribution < 1.29 is 9.53 Å². The maximum atomic E-state index is 12.1. The van der Waals surface area contributed by atoms with Gasteiger partial charge in [-0.1, -0.05) is 12.8 Å². The maximum absolute atomic E-state index is 12.1. The highest BCUT2D eigenvalue weighted by Crippen LogP contribution is 2.17. The van der Waals surface area contributed by atoms with Gasteiger partial charge in [0.25, 0.3) is 0 Å². The fourth-order valence-corrected chi connectivity index (χ4v) is 3.08. The molecule has 9 nitrogen and oxygen atoms in total. The summed E-state index contributed by atoms with van der Waals surface area (Å²) in [6, 6.07) is 0.421. The lowest BCUT2D eigenvalue weighted by Crippen LogP contribution is -2.55. The van der Waals surface area contributed by atoms with Crippen LogP contribution in [0.4, 0.5) is 4.79 Å². The Bertz CT molecular complexity index is 713. The predicted octanol–water partition coefficient (Wildman–Crippen LogP) is 2.40. The van der Waals surface area contributed by atoms with Gasteiger partial charge < -0.3 is 25.3 Å². The van der Waals surface area contributed by atoms with Crippen LogP contribution in [0.25, 0.3) is 0 Å². The fraction of sp³-hybridized carbons (Fsp3) is 0.800. The topological polar surface area (TPSA) is 105 Å². The van der Waals surface area contributed by atoms with Crippen molar-refractivity contribution in [3.63, 3.8) is 0 Å². The third kappa shape index (κ3) is 7.91. The third-order valence-electron chi connectivity index (χ3n) is 4.79. The average molecular weight is 408 g/mol. The number of carbonyl (C=O) groups excluding carboxylic acids is 1. The van der Waals surface area contributed by atoms with E-state index in [4.69, 9.17) is 9.73 Å². The van der Waals surface area contributed by atoms with Crippen LogP contribution in [0.2, 0.25) is 0 Å². The Hall–Kier alpha value is -2.32. The summed E-state index contributed by atoms with van der Waals surface area (Å²) in [6.45, 7) is 12.3. The number of ether oxygens (including phenoxy) is 1. The standard InChI is InChI=1S/C20H37N7O2/c1-14-25-26-16(27(14)7)12-21-17(23-15-10-8-9-11-15)22-13-20(5,6)24-18(28)29-19(2,3)4/h15H,8-13H2,1-7H3,(H,24,28)(H2,21,22,23). The van der Waals surface area contributed by atoms with E-state index in [9.17, 15) is 4.79 Å². The molecular formula is C20H37N7O2. The lowest BCUT2D eigenvalue weighted by molar-refractivity contribution is 0.0474. The number of carbonyl (C=O) groups is 1. The van der Waals surface area contributed by atoms with Crippen molar-refractivity contribution in [2.24, 2.45) is 12.0 Å². The van der Waals surface area contributed by atoms with Gasteiger partial charge in [0.15, 0.2) is 11.8 Å². The van der Waals surface area contributed by atoms with Gasteiger partial charge in [-0.05, 0) is 54.4 Å². The summed E-state index contributed by atoms with van der Waals surface area (Å²) in [5.74, 6) is 2.38. The number of nitrogens with one attached hydrogen (secondary N) is 3. The second-order valence-corrected chi connectivity index (χ2v) is 9.38. The minimum Gasteiger partial charge on any atom is -0.444 e. The summed E-state index contributed by atoms with van der Waals surface area (Å²) in [6.07, 6.45) is 4.33. The second kappa shape index (κ2) is 9.45. The zero-order valence-corrected chi connectivity index (χ0v) is 18.9. The van der Waals surface area contributed by atoms with E-state index in [0.29, 0.717) is 19.1 Å². The monoisotopic (exact) mass is 407 g/mol. The Morgan fingerprint density at radius 1 is 1.21 bits per heavy atom. The number of hydrogen-bond acceptors (Lipinski definition) is 5. The van der Waals surface area contributed by atoms with Gasteiger partial charge in [-0.25, -0.2) is 9.79 Å². The molecule has 0 aromatic carbocycles. The highest BCUT2D eigenvalue weighted by molar-refractivity contribution is 5.80. The number of aromatic nitrogens is 3. The molecule has 0 saturated heterocycles. The molecule has 29 heavy (non-hydrogen) atoms. The molecule has 1 heterocycles. The smallest absolute Gasteiger partial charge is 0.408 e. The summed E-state index contributed by atoms with van der Waals surface area (Å²) < 4.78 is 7.30. The van der Waals surface area contributed by atoms with Gasteiger partial charge in [-0.3, -0.25) is 0 Å². The highest BCUT2D eigenvalue weighted by Gasteiger charge is 2.25. The second-order valence-electron chi connectivity index (χ2n) is 9.38. The van der Waals surface area contributed by atoms with Gasteiger partial charge in [0, 0.05) is 19.6 Å². The fourth-order valence-electron chi connectivity index (χ4n) is 3.08. The van der Waals surface area contributed by atoms with Gasteiger partial charge in [0.2, 0.25) is 0 Å². The molecule has 1 aromatic rings. The molecule has 0 aliphatic heterocycles. The van der Waals surface area contributed by atoms with Crippen molar-refractivity contribution in [1.82, 2.24) is 30.7 Å². The van der Waals surface area contributed by atoms with E-state index in [1.807, 2.05) is 53.2 Å². The van der Waals surface area contributed by atoms with Crippen molar-refractivity contribution in [3.05, 3.63) is 11.6 Å². The summed E-state index contributed by atoms with van der Waals surface area (Å²) >= 11 is 0. The number of hydrogen-bond donors (Lipinski definition) is 3. The Balaban J connectivity index is 1.99. The van der Waals surface area contributed by atoms with Gasteiger partial charge in [0.1, 0.15) is 18.0 Å². The molecule has 1 saturated carbocycles. The van der Waals surface area contributed by atoms with E-state index >= 15 is 0 Å². The first-order valence-electron chi connectivity index (χ1n) is 10.4. The average Bonchev–Trinajstić information content (AvgIpc) is 3.19. The molecule has 1 aliphatic rings. The molecule has 1 aromatic heterocycles. The first-order chi connectivity index (χ1) is 13.5. The quantitative estimate of drug-likeness (QED) is 0.494. The van der Waals surface area contributed by atoms with Crippen LogP contribution in [0.5, 0.6) is 0 Å². The Labute approximate surface area is 174 Å². The zero-order chi connectivity index (χ0) is 21.7. The first kappa shape index (κ1) is 23.0. The minimum absolute atomic E-state index is 0.421. The molecule has 1 amide bonds. The summed E-state index contributed by atoms with van der Waals surface area (Å²) in [5, 5.41) is 18.1. The van der Waals surface area contributed by atoms with E-state index in [0.717, 1.165) is 30.5 Å². The summed E-state index contributed by atoms with van der Waals surface area (Å²) in [4.78, 5) is 16.8. The van der Waals surface area contributed by atoms with Crippen molar-refractivity contribution in [2.45, 2.75) is 91.0 Å². The zero-order valence-electron chi connectivity index (χ0n) is 18.9. The van der Waals surface area contributed by atoms with Crippen LogP contribution in [0, 0.1) is 6.92 Å². The molecule has 1 aliphatic carbocycles. The van der Waals surface area contributed by atoms with Crippen LogP contribution in [-0.4, -0.2) is 50.5 Å². The van der Waals surface area contributed by atoms with E-state index in [1.54, 1.807) is 0 Å². The Morgan fingerprint density at radius 3 is 2.41 bits per heavy atom. The number of aryl methyl sites for hydroxylation is 1. The van der Waals surface area contributed by atoms with Crippen LogP contribution >= 0.6 is 0 Å². The number of rotatable bonds is 6. The van der Waals surface area contributed by atoms with Gasteiger partial charge in [-0.15, -0.1) is 10.2 Å². The third-order valence-corrected chi connectivity index (χ3v) is 4.79. The van der Waals surface area contributed by atoms with Crippen LogP contribution in [0.3, 0.4) is 0 Å². The van der Waals surface area contributed by atoms with Crippen molar-refractivity contribution in [3.8, 4) is 0 Å². The van der Waals surface area contributed by atoms with E-state index in [2.05, 4.69) is 26.1 Å². The molecule has 1 fully saturated rings. The largest absolute Gasteiger partial charge is 0.444 e. The molecule has 2 rings (SSSR count). The molecular weight excluding hydrogens is 370 g/mol. The first-order valence-corrected chi connectivity index (χ1v) is 10.4. The predicted molar refractivity (Wildman–Crippen MR) is 114 cm³/mol. The van der Waals surface area contributed by atoms with E-state index < -0.39 is 17.2 Å². The van der Waals surface area contributed by atoms with E-state index in [-0.39, 0.29) is 0 Å². The molecule has 0 radical (unpaired) electrons. The Morgan fingerprint density at radius 2 is 1.86 bits per heavy atom. The molecule has 9 heteroatoms. The number of alkyl carbamates (subject to hydrolysis) is 1. The molecule has 0 atom stereocenters. The highest BCUT2D eigenvalue weighted by atomic mass is 16.6. The van der Waals surface area contributed by atoms with E-state index in [1.165, 1.54) is 12.8 Å². The van der Waals surface area contributed by atoms with Crippen molar-refractivity contribution in [2.75, 3.05) is 6.54 Å².